The van der Waals surface area contributed by atoms with Crippen LogP contribution < -0.4 is 14.8 Å². The highest BCUT2D eigenvalue weighted by molar-refractivity contribution is 7.98. The number of carboxylic acid groups (broad SMARTS) is 1. The normalized spacial score (nSPS) is 13.0. The van der Waals surface area contributed by atoms with Gasteiger partial charge in [0.25, 0.3) is 0 Å². The molecule has 1 aromatic rings. The molecule has 0 bridgehead atoms. The van der Waals surface area contributed by atoms with Gasteiger partial charge in [0, 0.05) is 23.3 Å². The van der Waals surface area contributed by atoms with E-state index >= 15 is 0 Å². The van der Waals surface area contributed by atoms with Gasteiger partial charge in [0.1, 0.15) is 11.5 Å². The second-order valence-corrected chi connectivity index (χ2v) is 6.03. The fourth-order valence-corrected chi connectivity index (χ4v) is 2.81. The summed E-state index contributed by atoms with van der Waals surface area (Å²) in [4.78, 5) is 23.4. The van der Waals surface area contributed by atoms with E-state index in [1.807, 2.05) is 13.2 Å². The van der Waals surface area contributed by atoms with E-state index in [1.54, 1.807) is 30.0 Å². The molecule has 2 unspecified atom stereocenters. The number of methoxy groups -OCH3 is 2. The zero-order valence-electron chi connectivity index (χ0n) is 13.8. The number of carboxylic acids is 1. The molecule has 0 spiro atoms. The molecule has 128 valence electrons. The lowest BCUT2D eigenvalue weighted by atomic mass is 10.0. The van der Waals surface area contributed by atoms with Gasteiger partial charge in [-0.05, 0) is 18.4 Å². The number of rotatable bonds is 9. The van der Waals surface area contributed by atoms with E-state index in [4.69, 9.17) is 14.6 Å². The topological polar surface area (TPSA) is 84.9 Å². The first-order valence-electron chi connectivity index (χ1n) is 7.15. The first-order valence-corrected chi connectivity index (χ1v) is 8.55. The molecule has 6 nitrogen and oxygen atoms in total. The summed E-state index contributed by atoms with van der Waals surface area (Å²) in [5.41, 5.74) is 0.611. The van der Waals surface area contributed by atoms with Crippen molar-refractivity contribution in [1.29, 1.82) is 0 Å². The van der Waals surface area contributed by atoms with E-state index in [0.29, 0.717) is 22.8 Å². The van der Waals surface area contributed by atoms with Gasteiger partial charge in [-0.25, -0.2) is 0 Å². The third kappa shape index (κ3) is 5.67. The number of hydrogen-bond donors (Lipinski definition) is 2. The van der Waals surface area contributed by atoms with Gasteiger partial charge < -0.3 is 19.9 Å². The zero-order valence-corrected chi connectivity index (χ0v) is 14.6. The summed E-state index contributed by atoms with van der Waals surface area (Å²) in [7, 11) is 3.03. The fraction of sp³-hybridized carbons (Fsp3) is 0.500. The van der Waals surface area contributed by atoms with Crippen LogP contribution in [0.3, 0.4) is 0 Å². The maximum absolute atomic E-state index is 12.2. The smallest absolute Gasteiger partial charge is 0.305 e. The van der Waals surface area contributed by atoms with Crippen molar-refractivity contribution in [3.8, 4) is 11.5 Å². The molecule has 0 aliphatic heterocycles. The van der Waals surface area contributed by atoms with Crippen LogP contribution in [0.4, 0.5) is 0 Å². The van der Waals surface area contributed by atoms with Crippen LogP contribution >= 0.6 is 11.8 Å². The molecule has 2 N–H and O–H groups in total. The first kappa shape index (κ1) is 19.2. The molecular formula is C16H23NO5S. The van der Waals surface area contributed by atoms with E-state index < -0.39 is 12.0 Å². The van der Waals surface area contributed by atoms with E-state index in [9.17, 15) is 9.59 Å². The number of carbonyl (C=O) groups is 2. The molecule has 0 heterocycles. The largest absolute Gasteiger partial charge is 0.497 e. The maximum atomic E-state index is 12.2. The highest BCUT2D eigenvalue weighted by Gasteiger charge is 2.24. The van der Waals surface area contributed by atoms with Crippen LogP contribution in [0.5, 0.6) is 11.5 Å². The van der Waals surface area contributed by atoms with Gasteiger partial charge in [0.2, 0.25) is 5.91 Å². The van der Waals surface area contributed by atoms with Crippen molar-refractivity contribution in [2.45, 2.75) is 19.4 Å². The number of benzene rings is 1. The molecular weight excluding hydrogens is 318 g/mol. The van der Waals surface area contributed by atoms with Gasteiger partial charge in [-0.3, -0.25) is 9.59 Å². The fourth-order valence-electron chi connectivity index (χ4n) is 2.16. The van der Waals surface area contributed by atoms with Gasteiger partial charge in [-0.1, -0.05) is 6.92 Å². The average molecular weight is 341 g/mol. The highest BCUT2D eigenvalue weighted by Crippen LogP contribution is 2.31. The van der Waals surface area contributed by atoms with Gasteiger partial charge >= 0.3 is 5.97 Å². The highest BCUT2D eigenvalue weighted by atomic mass is 32.2. The van der Waals surface area contributed by atoms with Gasteiger partial charge in [0.05, 0.1) is 26.7 Å². The SMILES string of the molecule is COc1ccc(C(CC(=O)O)NC(=O)C(C)CSC)c(OC)c1. The number of hydrogen-bond acceptors (Lipinski definition) is 5. The number of amides is 1. The number of thioether (sulfide) groups is 1. The van der Waals surface area contributed by atoms with Crippen molar-refractivity contribution in [2.24, 2.45) is 5.92 Å². The Hall–Kier alpha value is -1.89. The third-order valence-electron chi connectivity index (χ3n) is 3.38. The lowest BCUT2D eigenvalue weighted by Crippen LogP contribution is -2.35. The minimum atomic E-state index is -0.995. The summed E-state index contributed by atoms with van der Waals surface area (Å²) < 4.78 is 10.4. The minimum absolute atomic E-state index is 0.177. The van der Waals surface area contributed by atoms with Crippen molar-refractivity contribution in [3.63, 3.8) is 0 Å². The van der Waals surface area contributed by atoms with Crippen LogP contribution in [0.25, 0.3) is 0 Å². The lowest BCUT2D eigenvalue weighted by Gasteiger charge is -2.22. The molecule has 23 heavy (non-hydrogen) atoms. The summed E-state index contributed by atoms with van der Waals surface area (Å²) >= 11 is 1.57. The molecule has 0 radical (unpaired) electrons. The molecule has 0 saturated heterocycles. The van der Waals surface area contributed by atoms with Gasteiger partial charge in [-0.2, -0.15) is 11.8 Å². The van der Waals surface area contributed by atoms with E-state index in [-0.39, 0.29) is 18.2 Å². The average Bonchev–Trinajstić information content (AvgIpc) is 2.53. The number of carbonyl (C=O) groups excluding carboxylic acids is 1. The summed E-state index contributed by atoms with van der Waals surface area (Å²) in [5.74, 6) is 0.376. The molecule has 0 aliphatic rings. The van der Waals surface area contributed by atoms with E-state index in [2.05, 4.69) is 5.32 Å². The predicted molar refractivity (Wildman–Crippen MR) is 90.2 cm³/mol. The Morgan fingerprint density at radius 3 is 2.52 bits per heavy atom. The van der Waals surface area contributed by atoms with E-state index in [1.165, 1.54) is 14.2 Å². The van der Waals surface area contributed by atoms with Gasteiger partial charge in [-0.15, -0.1) is 0 Å². The molecule has 1 amide bonds. The molecule has 2 atom stereocenters. The van der Waals surface area contributed by atoms with Crippen LogP contribution in [0.15, 0.2) is 18.2 Å². The zero-order chi connectivity index (χ0) is 17.4. The molecule has 0 aliphatic carbocycles. The minimum Gasteiger partial charge on any atom is -0.497 e. The van der Waals surface area contributed by atoms with Gasteiger partial charge in [0.15, 0.2) is 0 Å². The molecule has 1 rings (SSSR count). The molecule has 0 saturated carbocycles. The molecule has 1 aromatic carbocycles. The van der Waals surface area contributed by atoms with Crippen LogP contribution in [0.2, 0.25) is 0 Å². The third-order valence-corrected chi connectivity index (χ3v) is 4.21. The second kappa shape index (κ2) is 9.29. The summed E-state index contributed by atoms with van der Waals surface area (Å²) in [6.45, 7) is 1.81. The van der Waals surface area contributed by atoms with Crippen molar-refractivity contribution in [2.75, 3.05) is 26.2 Å². The predicted octanol–water partition coefficient (Wildman–Crippen LogP) is 2.33. The molecule has 7 heteroatoms. The Morgan fingerprint density at radius 1 is 1.30 bits per heavy atom. The Labute approximate surface area is 140 Å². The first-order chi connectivity index (χ1) is 10.9. The Kier molecular flexibility index (Phi) is 7.74. The summed E-state index contributed by atoms with van der Waals surface area (Å²) in [6.07, 6.45) is 1.70. The number of aliphatic carboxylic acids is 1. The molecule has 0 aromatic heterocycles. The monoisotopic (exact) mass is 341 g/mol. The standard InChI is InChI=1S/C16H23NO5S/c1-10(9-23-4)16(20)17-13(8-15(18)19)12-6-5-11(21-2)7-14(12)22-3/h5-7,10,13H,8-9H2,1-4H3,(H,17,20)(H,18,19). The van der Waals surface area contributed by atoms with Crippen molar-refractivity contribution in [1.82, 2.24) is 5.32 Å². The van der Waals surface area contributed by atoms with Crippen molar-refractivity contribution >= 4 is 23.6 Å². The Balaban J connectivity index is 3.06. The van der Waals surface area contributed by atoms with Crippen LogP contribution in [-0.4, -0.2) is 43.2 Å². The maximum Gasteiger partial charge on any atom is 0.305 e. The van der Waals surface area contributed by atoms with Crippen LogP contribution in [0, 0.1) is 5.92 Å². The number of nitrogens with one attached hydrogen (secondary N) is 1. The van der Waals surface area contributed by atoms with Crippen LogP contribution in [0.1, 0.15) is 24.9 Å². The Morgan fingerprint density at radius 2 is 2.00 bits per heavy atom. The molecule has 0 fully saturated rings. The second-order valence-electron chi connectivity index (χ2n) is 5.12. The van der Waals surface area contributed by atoms with Crippen LogP contribution in [-0.2, 0) is 9.59 Å². The van der Waals surface area contributed by atoms with E-state index in [0.717, 1.165) is 0 Å². The lowest BCUT2D eigenvalue weighted by molar-refractivity contribution is -0.137. The quantitative estimate of drug-likeness (QED) is 0.717. The number of ether oxygens (including phenoxy) is 2. The summed E-state index contributed by atoms with van der Waals surface area (Å²) in [6, 6.07) is 4.43. The Bertz CT molecular complexity index is 549. The van der Waals surface area contributed by atoms with Crippen molar-refractivity contribution in [3.05, 3.63) is 23.8 Å². The summed E-state index contributed by atoms with van der Waals surface area (Å²) in [5, 5.41) is 12.0. The van der Waals surface area contributed by atoms with Crippen molar-refractivity contribution < 1.29 is 24.2 Å².